The molecule has 0 aliphatic carbocycles. The van der Waals surface area contributed by atoms with Crippen LogP contribution in [0.3, 0.4) is 0 Å². The van der Waals surface area contributed by atoms with Crippen LogP contribution in [-0.4, -0.2) is 21.2 Å². The van der Waals surface area contributed by atoms with Crippen molar-refractivity contribution >= 4 is 0 Å². The molecule has 0 aliphatic rings. The zero-order chi connectivity index (χ0) is 10.7. The lowest BCUT2D eigenvalue weighted by Gasteiger charge is -1.99. The van der Waals surface area contributed by atoms with Crippen molar-refractivity contribution in [3.63, 3.8) is 0 Å². The van der Waals surface area contributed by atoms with E-state index in [1.54, 1.807) is 0 Å². The molecule has 0 amide bonds. The molecule has 0 radical (unpaired) electrons. The number of hydrogen-bond donors (Lipinski definition) is 0. The molecule has 14 heavy (non-hydrogen) atoms. The average molecular weight is 197 g/mol. The molecule has 0 unspecified atom stereocenters. The number of aryl methyl sites for hydroxylation is 2. The summed E-state index contributed by atoms with van der Waals surface area (Å²) < 4.78 is 1.88. The molecule has 0 spiro atoms. The summed E-state index contributed by atoms with van der Waals surface area (Å²) in [6.45, 7) is 6.66. The van der Waals surface area contributed by atoms with Crippen LogP contribution in [0.15, 0.2) is 0 Å². The Morgan fingerprint density at radius 1 is 1.50 bits per heavy atom. The fourth-order valence-corrected chi connectivity index (χ4v) is 1.61. The Morgan fingerprint density at radius 3 is 2.57 bits per heavy atom. The van der Waals surface area contributed by atoms with Crippen molar-refractivity contribution in [1.29, 1.82) is 0 Å². The van der Waals surface area contributed by atoms with Gasteiger partial charge < -0.3 is 0 Å². The van der Waals surface area contributed by atoms with E-state index in [1.807, 2.05) is 25.5 Å². The van der Waals surface area contributed by atoms with Crippen molar-refractivity contribution in [3.8, 4) is 0 Å². The Bertz CT molecular complexity index is 344. The van der Waals surface area contributed by atoms with Crippen molar-refractivity contribution < 1.29 is 4.92 Å². The molecule has 0 aliphatic heterocycles. The minimum atomic E-state index is -0.290. The minimum absolute atomic E-state index is 0.0168. The summed E-state index contributed by atoms with van der Waals surface area (Å²) in [4.78, 5) is 9.96. The second-order valence-electron chi connectivity index (χ2n) is 3.27. The third-order valence-electron chi connectivity index (χ3n) is 2.38. The number of nitrogens with zero attached hydrogens (tertiary/aromatic N) is 3. The highest BCUT2D eigenvalue weighted by Gasteiger charge is 2.12. The van der Waals surface area contributed by atoms with Crippen LogP contribution in [0.25, 0.3) is 0 Å². The van der Waals surface area contributed by atoms with Crippen molar-refractivity contribution in [2.75, 3.05) is 6.54 Å². The number of nitro groups is 1. The first-order valence-corrected chi connectivity index (χ1v) is 4.71. The van der Waals surface area contributed by atoms with Gasteiger partial charge >= 0.3 is 0 Å². The van der Waals surface area contributed by atoms with Gasteiger partial charge in [0.15, 0.2) is 0 Å². The van der Waals surface area contributed by atoms with Crippen LogP contribution in [0.1, 0.15) is 23.9 Å². The van der Waals surface area contributed by atoms with E-state index in [0.717, 1.165) is 23.5 Å². The van der Waals surface area contributed by atoms with E-state index < -0.39 is 0 Å². The van der Waals surface area contributed by atoms with Crippen LogP contribution >= 0.6 is 0 Å². The maximum Gasteiger partial charge on any atom is 0.208 e. The third kappa shape index (κ3) is 2.10. The fraction of sp³-hybridized carbons (Fsp3) is 0.667. The molecule has 1 aromatic heterocycles. The number of aromatic nitrogens is 2. The van der Waals surface area contributed by atoms with E-state index in [0.29, 0.717) is 6.42 Å². The molecule has 78 valence electrons. The molecule has 0 N–H and O–H groups in total. The van der Waals surface area contributed by atoms with Crippen LogP contribution in [0.5, 0.6) is 0 Å². The molecule has 0 saturated carbocycles. The summed E-state index contributed by atoms with van der Waals surface area (Å²) in [7, 11) is 0. The number of hydrogen-bond acceptors (Lipinski definition) is 3. The van der Waals surface area contributed by atoms with Crippen LogP contribution in [0, 0.1) is 24.0 Å². The van der Waals surface area contributed by atoms with Crippen LogP contribution < -0.4 is 0 Å². The van der Waals surface area contributed by atoms with E-state index in [1.165, 1.54) is 0 Å². The summed E-state index contributed by atoms with van der Waals surface area (Å²) in [6, 6.07) is 0. The molecule has 0 fully saturated rings. The summed E-state index contributed by atoms with van der Waals surface area (Å²) in [5, 5.41) is 14.6. The number of rotatable bonds is 4. The van der Waals surface area contributed by atoms with Gasteiger partial charge in [-0.25, -0.2) is 0 Å². The van der Waals surface area contributed by atoms with Gasteiger partial charge in [-0.2, -0.15) is 5.10 Å². The van der Waals surface area contributed by atoms with E-state index in [9.17, 15) is 10.1 Å². The monoisotopic (exact) mass is 197 g/mol. The standard InChI is InChI=1S/C9H15N3O2/c1-4-11-8(3)9(7(2)10-11)5-6-12(13)14/h4-6H2,1-3H3. The quantitative estimate of drug-likeness (QED) is 0.540. The second kappa shape index (κ2) is 4.21. The summed E-state index contributed by atoms with van der Waals surface area (Å²) in [5.41, 5.74) is 2.97. The van der Waals surface area contributed by atoms with Crippen molar-refractivity contribution in [3.05, 3.63) is 27.1 Å². The molecule has 0 saturated heterocycles. The van der Waals surface area contributed by atoms with Gasteiger partial charge in [0.1, 0.15) is 0 Å². The van der Waals surface area contributed by atoms with Gasteiger partial charge in [0.2, 0.25) is 6.54 Å². The first-order valence-electron chi connectivity index (χ1n) is 4.71. The minimum Gasteiger partial charge on any atom is -0.270 e. The molecule has 1 aromatic rings. The predicted octanol–water partition coefficient (Wildman–Crippen LogP) is 1.34. The first-order chi connectivity index (χ1) is 6.56. The first kappa shape index (κ1) is 10.7. The van der Waals surface area contributed by atoms with Gasteiger partial charge in [0.25, 0.3) is 0 Å². The molecule has 0 aromatic carbocycles. The van der Waals surface area contributed by atoms with Crippen LogP contribution in [0.4, 0.5) is 0 Å². The summed E-state index contributed by atoms with van der Waals surface area (Å²) in [6.07, 6.45) is 0.477. The molecule has 1 rings (SSSR count). The van der Waals surface area contributed by atoms with E-state index in [2.05, 4.69) is 5.10 Å². The Morgan fingerprint density at radius 2 is 2.14 bits per heavy atom. The smallest absolute Gasteiger partial charge is 0.208 e. The van der Waals surface area contributed by atoms with Crippen LogP contribution in [-0.2, 0) is 13.0 Å². The van der Waals surface area contributed by atoms with Gasteiger partial charge in [-0.15, -0.1) is 0 Å². The van der Waals surface area contributed by atoms with Crippen molar-refractivity contribution in [2.45, 2.75) is 33.7 Å². The SMILES string of the molecule is CCn1nc(C)c(CC[N+](=O)[O-])c1C. The zero-order valence-electron chi connectivity index (χ0n) is 8.78. The normalized spacial score (nSPS) is 10.5. The largest absolute Gasteiger partial charge is 0.270 e. The highest BCUT2D eigenvalue weighted by molar-refractivity contribution is 5.24. The lowest BCUT2D eigenvalue weighted by atomic mass is 10.1. The second-order valence-corrected chi connectivity index (χ2v) is 3.27. The molecule has 0 atom stereocenters. The highest BCUT2D eigenvalue weighted by Crippen LogP contribution is 2.13. The lowest BCUT2D eigenvalue weighted by Crippen LogP contribution is -2.06. The molecule has 1 heterocycles. The zero-order valence-corrected chi connectivity index (χ0v) is 8.78. The van der Waals surface area contributed by atoms with E-state index in [4.69, 9.17) is 0 Å². The molecular weight excluding hydrogens is 182 g/mol. The fourth-order valence-electron chi connectivity index (χ4n) is 1.61. The van der Waals surface area contributed by atoms with Gasteiger partial charge in [-0.05, 0) is 20.8 Å². The average Bonchev–Trinajstić information content (AvgIpc) is 2.39. The van der Waals surface area contributed by atoms with Gasteiger partial charge in [0.05, 0.1) is 5.69 Å². The third-order valence-corrected chi connectivity index (χ3v) is 2.38. The van der Waals surface area contributed by atoms with Gasteiger partial charge in [-0.3, -0.25) is 14.8 Å². The molecule has 0 bridgehead atoms. The Hall–Kier alpha value is -1.39. The molecule has 5 nitrogen and oxygen atoms in total. The maximum atomic E-state index is 10.2. The lowest BCUT2D eigenvalue weighted by molar-refractivity contribution is -0.479. The van der Waals surface area contributed by atoms with Crippen molar-refractivity contribution in [1.82, 2.24) is 9.78 Å². The molecule has 5 heteroatoms. The Kier molecular flexibility index (Phi) is 3.22. The topological polar surface area (TPSA) is 61.0 Å². The highest BCUT2D eigenvalue weighted by atomic mass is 16.6. The Balaban J connectivity index is 2.85. The predicted molar refractivity (Wildman–Crippen MR) is 52.9 cm³/mol. The van der Waals surface area contributed by atoms with E-state index in [-0.39, 0.29) is 11.5 Å². The maximum absolute atomic E-state index is 10.2. The summed E-state index contributed by atoms with van der Waals surface area (Å²) >= 11 is 0. The van der Waals surface area contributed by atoms with Crippen LogP contribution in [0.2, 0.25) is 0 Å². The van der Waals surface area contributed by atoms with E-state index >= 15 is 0 Å². The molecular formula is C9H15N3O2. The van der Waals surface area contributed by atoms with Crippen molar-refractivity contribution in [2.24, 2.45) is 0 Å². The van der Waals surface area contributed by atoms with Gasteiger partial charge in [-0.1, -0.05) is 0 Å². The summed E-state index contributed by atoms with van der Waals surface area (Å²) in [5.74, 6) is 0. The van der Waals surface area contributed by atoms with Gasteiger partial charge in [0, 0.05) is 29.1 Å². The Labute approximate surface area is 82.9 Å².